The van der Waals surface area contributed by atoms with Crippen molar-refractivity contribution in [1.29, 1.82) is 0 Å². The highest BCUT2D eigenvalue weighted by Gasteiger charge is 2.07. The fraction of sp³-hybridized carbons (Fsp3) is 0.455. The maximum Gasteiger partial charge on any atom is 0.123 e. The van der Waals surface area contributed by atoms with Gasteiger partial charge in [-0.25, -0.2) is 4.39 Å². The molecule has 0 radical (unpaired) electrons. The van der Waals surface area contributed by atoms with Crippen molar-refractivity contribution in [3.63, 3.8) is 0 Å². The number of rotatable bonds is 5. The minimum atomic E-state index is -0.217. The predicted molar refractivity (Wildman–Crippen MR) is 54.5 cm³/mol. The summed E-state index contributed by atoms with van der Waals surface area (Å²) < 4.78 is 12.6. The van der Waals surface area contributed by atoms with E-state index in [0.29, 0.717) is 6.54 Å². The second-order valence-electron chi connectivity index (χ2n) is 3.19. The smallest absolute Gasteiger partial charge is 0.123 e. The summed E-state index contributed by atoms with van der Waals surface area (Å²) in [6, 6.07) is 6.65. The van der Waals surface area contributed by atoms with E-state index in [1.807, 2.05) is 0 Å². The molecule has 1 aromatic carbocycles. The molecule has 78 valence electrons. The summed E-state index contributed by atoms with van der Waals surface area (Å²) in [5, 5.41) is 11.9. The average molecular weight is 197 g/mol. The Morgan fingerprint density at radius 3 is 2.50 bits per heavy atom. The second-order valence-corrected chi connectivity index (χ2v) is 3.19. The Kier molecular flexibility index (Phi) is 4.56. The first kappa shape index (κ1) is 11.1. The van der Waals surface area contributed by atoms with E-state index in [-0.39, 0.29) is 18.5 Å². The second kappa shape index (κ2) is 5.73. The van der Waals surface area contributed by atoms with Gasteiger partial charge in [-0.15, -0.1) is 0 Å². The molecule has 1 rings (SSSR count). The number of benzene rings is 1. The zero-order valence-electron chi connectivity index (χ0n) is 8.33. The lowest BCUT2D eigenvalue weighted by molar-refractivity contribution is 0.283. The van der Waals surface area contributed by atoms with Crippen LogP contribution in [0.3, 0.4) is 0 Å². The van der Waals surface area contributed by atoms with E-state index in [9.17, 15) is 4.39 Å². The minimum Gasteiger partial charge on any atom is -0.395 e. The zero-order chi connectivity index (χ0) is 10.4. The van der Waals surface area contributed by atoms with E-state index in [1.165, 1.54) is 12.1 Å². The van der Waals surface area contributed by atoms with Gasteiger partial charge in [0.1, 0.15) is 5.82 Å². The van der Waals surface area contributed by atoms with Crippen LogP contribution in [0.5, 0.6) is 0 Å². The van der Waals surface area contributed by atoms with Crippen LogP contribution in [0.15, 0.2) is 24.3 Å². The van der Waals surface area contributed by atoms with Gasteiger partial charge in [-0.2, -0.15) is 0 Å². The van der Waals surface area contributed by atoms with E-state index >= 15 is 0 Å². The van der Waals surface area contributed by atoms with Crippen molar-refractivity contribution in [2.24, 2.45) is 0 Å². The lowest BCUT2D eigenvalue weighted by atomic mass is 10.0. The Hall–Kier alpha value is -0.930. The molecule has 0 amide bonds. The van der Waals surface area contributed by atoms with Gasteiger partial charge in [-0.05, 0) is 24.1 Å². The molecule has 3 heteroatoms. The van der Waals surface area contributed by atoms with Crippen LogP contribution in [-0.2, 0) is 0 Å². The van der Waals surface area contributed by atoms with E-state index in [4.69, 9.17) is 5.11 Å². The van der Waals surface area contributed by atoms with Crippen molar-refractivity contribution in [3.05, 3.63) is 35.6 Å². The molecule has 0 saturated carbocycles. The number of nitrogens with one attached hydrogen (secondary N) is 1. The third kappa shape index (κ3) is 3.09. The van der Waals surface area contributed by atoms with Gasteiger partial charge in [-0.1, -0.05) is 19.1 Å². The monoisotopic (exact) mass is 197 g/mol. The van der Waals surface area contributed by atoms with Gasteiger partial charge in [0.05, 0.1) is 6.61 Å². The van der Waals surface area contributed by atoms with Gasteiger partial charge in [-0.3, -0.25) is 0 Å². The number of halogens is 1. The van der Waals surface area contributed by atoms with Gasteiger partial charge < -0.3 is 10.4 Å². The van der Waals surface area contributed by atoms with E-state index in [1.54, 1.807) is 12.1 Å². The van der Waals surface area contributed by atoms with E-state index in [2.05, 4.69) is 12.2 Å². The summed E-state index contributed by atoms with van der Waals surface area (Å²) in [4.78, 5) is 0. The van der Waals surface area contributed by atoms with E-state index in [0.717, 1.165) is 12.0 Å². The first-order valence-corrected chi connectivity index (χ1v) is 4.87. The molecule has 0 saturated heterocycles. The molecule has 0 spiro atoms. The minimum absolute atomic E-state index is 0.123. The summed E-state index contributed by atoms with van der Waals surface area (Å²) in [6.45, 7) is 2.74. The Morgan fingerprint density at radius 2 is 2.00 bits per heavy atom. The van der Waals surface area contributed by atoms with Crippen LogP contribution in [0.25, 0.3) is 0 Å². The van der Waals surface area contributed by atoms with Gasteiger partial charge in [0.25, 0.3) is 0 Å². The van der Waals surface area contributed by atoms with Crippen molar-refractivity contribution in [1.82, 2.24) is 5.32 Å². The summed E-state index contributed by atoms with van der Waals surface area (Å²) in [5.41, 5.74) is 1.06. The standard InChI is InChI=1S/C11H16FNO/c1-2-11(13-7-8-14)9-3-5-10(12)6-4-9/h3-6,11,13-14H,2,7-8H2,1H3/t11-/m0/s1. The first-order chi connectivity index (χ1) is 6.77. The Bertz CT molecular complexity index is 260. The normalized spacial score (nSPS) is 12.8. The summed E-state index contributed by atoms with van der Waals surface area (Å²) in [6.07, 6.45) is 0.922. The van der Waals surface area contributed by atoms with Crippen LogP contribution in [0.1, 0.15) is 24.9 Å². The molecule has 0 aromatic heterocycles. The van der Waals surface area contributed by atoms with Crippen LogP contribution < -0.4 is 5.32 Å². The highest BCUT2D eigenvalue weighted by Crippen LogP contribution is 2.16. The molecule has 14 heavy (non-hydrogen) atoms. The number of aliphatic hydroxyl groups excluding tert-OH is 1. The molecule has 0 aliphatic rings. The molecule has 0 heterocycles. The molecule has 0 unspecified atom stereocenters. The van der Waals surface area contributed by atoms with Gasteiger partial charge in [0, 0.05) is 12.6 Å². The third-order valence-electron chi connectivity index (χ3n) is 2.18. The third-order valence-corrected chi connectivity index (χ3v) is 2.18. The Morgan fingerprint density at radius 1 is 1.36 bits per heavy atom. The lowest BCUT2D eigenvalue weighted by Gasteiger charge is -2.16. The molecule has 0 aliphatic heterocycles. The number of aliphatic hydroxyl groups is 1. The fourth-order valence-corrected chi connectivity index (χ4v) is 1.43. The molecule has 0 fully saturated rings. The first-order valence-electron chi connectivity index (χ1n) is 4.87. The number of hydrogen-bond acceptors (Lipinski definition) is 2. The molecule has 1 aromatic rings. The van der Waals surface area contributed by atoms with Crippen molar-refractivity contribution < 1.29 is 9.50 Å². The fourth-order valence-electron chi connectivity index (χ4n) is 1.43. The Balaban J connectivity index is 2.64. The highest BCUT2D eigenvalue weighted by atomic mass is 19.1. The van der Waals surface area contributed by atoms with Crippen LogP contribution in [0.4, 0.5) is 4.39 Å². The predicted octanol–water partition coefficient (Wildman–Crippen LogP) is 1.86. The molecular weight excluding hydrogens is 181 g/mol. The lowest BCUT2D eigenvalue weighted by Crippen LogP contribution is -2.23. The largest absolute Gasteiger partial charge is 0.395 e. The summed E-state index contributed by atoms with van der Waals surface area (Å²) in [5.74, 6) is -0.217. The maximum atomic E-state index is 12.6. The van der Waals surface area contributed by atoms with Crippen molar-refractivity contribution in [3.8, 4) is 0 Å². The van der Waals surface area contributed by atoms with Gasteiger partial charge in [0.15, 0.2) is 0 Å². The van der Waals surface area contributed by atoms with Crippen molar-refractivity contribution in [2.45, 2.75) is 19.4 Å². The van der Waals surface area contributed by atoms with Crippen molar-refractivity contribution in [2.75, 3.05) is 13.2 Å². The Labute approximate surface area is 83.8 Å². The molecule has 0 aliphatic carbocycles. The molecule has 1 atom stereocenters. The SMILES string of the molecule is CC[C@H](NCCO)c1ccc(F)cc1. The summed E-state index contributed by atoms with van der Waals surface area (Å²) in [7, 11) is 0. The highest BCUT2D eigenvalue weighted by molar-refractivity contribution is 5.19. The molecule has 2 N–H and O–H groups in total. The molecular formula is C11H16FNO. The van der Waals surface area contributed by atoms with Crippen LogP contribution in [0, 0.1) is 5.82 Å². The van der Waals surface area contributed by atoms with Crippen LogP contribution in [0.2, 0.25) is 0 Å². The molecule has 0 bridgehead atoms. The zero-order valence-corrected chi connectivity index (χ0v) is 8.33. The molecule has 2 nitrogen and oxygen atoms in total. The number of hydrogen-bond donors (Lipinski definition) is 2. The van der Waals surface area contributed by atoms with Crippen LogP contribution in [-0.4, -0.2) is 18.3 Å². The van der Waals surface area contributed by atoms with Gasteiger partial charge >= 0.3 is 0 Å². The maximum absolute atomic E-state index is 12.6. The quantitative estimate of drug-likeness (QED) is 0.755. The average Bonchev–Trinajstić information content (AvgIpc) is 2.21. The topological polar surface area (TPSA) is 32.3 Å². The van der Waals surface area contributed by atoms with Crippen molar-refractivity contribution >= 4 is 0 Å². The van der Waals surface area contributed by atoms with E-state index < -0.39 is 0 Å². The van der Waals surface area contributed by atoms with Gasteiger partial charge in [0.2, 0.25) is 0 Å². The summed E-state index contributed by atoms with van der Waals surface area (Å²) >= 11 is 0. The van der Waals surface area contributed by atoms with Crippen LogP contribution >= 0.6 is 0 Å².